The van der Waals surface area contributed by atoms with Gasteiger partial charge in [-0.25, -0.2) is 0 Å². The Labute approximate surface area is 118 Å². The third-order valence-electron chi connectivity index (χ3n) is 3.25. The largest absolute Gasteiger partial charge is 0.505 e. The molecule has 1 heterocycles. The van der Waals surface area contributed by atoms with Gasteiger partial charge in [-0.1, -0.05) is 6.07 Å². The van der Waals surface area contributed by atoms with Gasteiger partial charge in [-0.05, 0) is 19.1 Å². The average molecular weight is 296 g/mol. The lowest BCUT2D eigenvalue weighted by Gasteiger charge is -2.22. The molecule has 0 radical (unpaired) electrons. The van der Waals surface area contributed by atoms with Gasteiger partial charge in [0.25, 0.3) is 0 Å². The van der Waals surface area contributed by atoms with E-state index in [9.17, 15) is 18.3 Å². The molecular weight excluding hydrogens is 285 g/mol. The summed E-state index contributed by atoms with van der Waals surface area (Å²) in [4.78, 5) is 0. The molecule has 0 unspecified atom stereocenters. The molecule has 0 spiro atoms. The number of phenolic OH excluding ortho intramolecular Hbond substituents is 1. The highest BCUT2D eigenvalue weighted by atomic mass is 19.2. The minimum atomic E-state index is -1.23. The van der Waals surface area contributed by atoms with Crippen molar-refractivity contribution in [2.75, 3.05) is 6.61 Å². The van der Waals surface area contributed by atoms with Gasteiger partial charge in [-0.3, -0.25) is 0 Å². The number of fused-ring (bicyclic) bond motifs is 2. The van der Waals surface area contributed by atoms with Crippen molar-refractivity contribution in [3.05, 3.63) is 46.8 Å². The molecule has 0 atom stereocenters. The Morgan fingerprint density at radius 3 is 2.52 bits per heavy atom. The molecule has 0 aromatic heterocycles. The van der Waals surface area contributed by atoms with E-state index in [1.54, 1.807) is 6.92 Å². The van der Waals surface area contributed by atoms with Crippen molar-refractivity contribution in [1.29, 1.82) is 0 Å². The van der Waals surface area contributed by atoms with Crippen molar-refractivity contribution in [2.45, 2.75) is 13.3 Å². The van der Waals surface area contributed by atoms with E-state index in [-0.39, 0.29) is 30.3 Å². The molecule has 1 aliphatic heterocycles. The standard InChI is InChI=1S/C15H11F3O3/c1-2-20-10-6-8-5-7-3-4-9(19)11(16)14(7)21-15(8)13(18)12(10)17/h3-4,6,19H,2,5H2,1H3. The zero-order valence-electron chi connectivity index (χ0n) is 11.0. The lowest BCUT2D eigenvalue weighted by Crippen LogP contribution is -2.09. The van der Waals surface area contributed by atoms with Gasteiger partial charge in [-0.2, -0.15) is 13.2 Å². The lowest BCUT2D eigenvalue weighted by molar-refractivity contribution is 0.305. The van der Waals surface area contributed by atoms with Crippen molar-refractivity contribution in [3.8, 4) is 23.0 Å². The van der Waals surface area contributed by atoms with Gasteiger partial charge in [0.1, 0.15) is 0 Å². The molecule has 0 fully saturated rings. The van der Waals surface area contributed by atoms with Gasteiger partial charge in [-0.15, -0.1) is 0 Å². The van der Waals surface area contributed by atoms with E-state index in [0.717, 1.165) is 0 Å². The number of phenols is 1. The molecular formula is C15H11F3O3. The van der Waals surface area contributed by atoms with Gasteiger partial charge in [0.2, 0.25) is 17.5 Å². The van der Waals surface area contributed by atoms with Crippen molar-refractivity contribution in [1.82, 2.24) is 0 Å². The van der Waals surface area contributed by atoms with Gasteiger partial charge in [0.05, 0.1) is 6.61 Å². The van der Waals surface area contributed by atoms with Crippen molar-refractivity contribution >= 4 is 0 Å². The summed E-state index contributed by atoms with van der Waals surface area (Å²) in [5.41, 5.74) is 0.793. The molecule has 1 N–H and O–H groups in total. The molecule has 6 heteroatoms. The van der Waals surface area contributed by atoms with Crippen LogP contribution in [0.25, 0.3) is 0 Å². The number of aromatic hydroxyl groups is 1. The highest BCUT2D eigenvalue weighted by Crippen LogP contribution is 2.44. The predicted octanol–water partition coefficient (Wildman–Crippen LogP) is 3.90. The summed E-state index contributed by atoms with van der Waals surface area (Å²) in [6.45, 7) is 1.84. The average Bonchev–Trinajstić information content (AvgIpc) is 2.48. The van der Waals surface area contributed by atoms with Crippen LogP contribution in [0.2, 0.25) is 0 Å². The zero-order chi connectivity index (χ0) is 15.1. The Morgan fingerprint density at radius 1 is 1.10 bits per heavy atom. The second-order valence-electron chi connectivity index (χ2n) is 4.59. The Kier molecular flexibility index (Phi) is 3.16. The maximum absolute atomic E-state index is 14.0. The quantitative estimate of drug-likeness (QED) is 0.779. The third kappa shape index (κ3) is 2.07. The molecule has 2 aromatic rings. The normalized spacial score (nSPS) is 12.4. The first-order chi connectivity index (χ1) is 10.0. The molecule has 0 saturated carbocycles. The summed E-state index contributed by atoms with van der Waals surface area (Å²) in [6, 6.07) is 4.00. The summed E-state index contributed by atoms with van der Waals surface area (Å²) < 4.78 is 51.8. The second-order valence-corrected chi connectivity index (χ2v) is 4.59. The minimum absolute atomic E-state index is 0.152. The van der Waals surface area contributed by atoms with Crippen LogP contribution >= 0.6 is 0 Å². The Balaban J connectivity index is 2.13. The van der Waals surface area contributed by atoms with E-state index in [4.69, 9.17) is 9.47 Å². The van der Waals surface area contributed by atoms with Gasteiger partial charge in [0.15, 0.2) is 23.0 Å². The lowest BCUT2D eigenvalue weighted by atomic mass is 9.99. The number of hydrogen-bond acceptors (Lipinski definition) is 3. The van der Waals surface area contributed by atoms with Crippen LogP contribution < -0.4 is 9.47 Å². The maximum Gasteiger partial charge on any atom is 0.207 e. The van der Waals surface area contributed by atoms with Crippen LogP contribution in [0.15, 0.2) is 18.2 Å². The fourth-order valence-electron chi connectivity index (χ4n) is 2.28. The van der Waals surface area contributed by atoms with E-state index in [1.165, 1.54) is 18.2 Å². The van der Waals surface area contributed by atoms with Crippen LogP contribution in [0, 0.1) is 17.5 Å². The molecule has 0 saturated heterocycles. The Bertz CT molecular complexity index is 729. The van der Waals surface area contributed by atoms with Gasteiger partial charge >= 0.3 is 0 Å². The SMILES string of the molecule is CCOc1cc2c(c(F)c1F)Oc1c(ccc(O)c1F)C2. The first-order valence-electron chi connectivity index (χ1n) is 6.34. The summed E-state index contributed by atoms with van der Waals surface area (Å²) in [7, 11) is 0. The molecule has 2 aromatic carbocycles. The van der Waals surface area contributed by atoms with E-state index in [0.29, 0.717) is 11.1 Å². The highest BCUT2D eigenvalue weighted by Gasteiger charge is 2.28. The van der Waals surface area contributed by atoms with Crippen molar-refractivity contribution in [3.63, 3.8) is 0 Å². The fraction of sp³-hybridized carbons (Fsp3) is 0.200. The molecule has 0 aliphatic carbocycles. The smallest absolute Gasteiger partial charge is 0.207 e. The van der Waals surface area contributed by atoms with Crippen molar-refractivity contribution in [2.24, 2.45) is 0 Å². The van der Waals surface area contributed by atoms with E-state index in [2.05, 4.69) is 0 Å². The number of ether oxygens (including phenoxy) is 2. The molecule has 0 amide bonds. The highest BCUT2D eigenvalue weighted by molar-refractivity contribution is 5.55. The van der Waals surface area contributed by atoms with Gasteiger partial charge in [0, 0.05) is 17.5 Å². The second kappa shape index (κ2) is 4.87. The van der Waals surface area contributed by atoms with Crippen LogP contribution in [-0.4, -0.2) is 11.7 Å². The van der Waals surface area contributed by atoms with Crippen LogP contribution in [0.4, 0.5) is 13.2 Å². The first-order valence-corrected chi connectivity index (χ1v) is 6.34. The van der Waals surface area contributed by atoms with Crippen LogP contribution in [0.3, 0.4) is 0 Å². The minimum Gasteiger partial charge on any atom is -0.505 e. The van der Waals surface area contributed by atoms with Crippen LogP contribution in [0.5, 0.6) is 23.0 Å². The number of hydrogen-bond donors (Lipinski definition) is 1. The fourth-order valence-corrected chi connectivity index (χ4v) is 2.28. The molecule has 1 aliphatic rings. The molecule has 110 valence electrons. The predicted molar refractivity (Wildman–Crippen MR) is 68.5 cm³/mol. The topological polar surface area (TPSA) is 38.7 Å². The first kappa shape index (κ1) is 13.6. The maximum atomic E-state index is 14.0. The zero-order valence-corrected chi connectivity index (χ0v) is 11.0. The van der Waals surface area contributed by atoms with Gasteiger partial charge < -0.3 is 14.6 Å². The number of rotatable bonds is 2. The van der Waals surface area contributed by atoms with E-state index in [1.807, 2.05) is 0 Å². The number of benzene rings is 2. The van der Waals surface area contributed by atoms with Crippen molar-refractivity contribution < 1.29 is 27.8 Å². The summed E-state index contributed by atoms with van der Waals surface area (Å²) in [5.74, 6) is -4.89. The Hall–Kier alpha value is -2.37. The molecule has 3 rings (SSSR count). The Morgan fingerprint density at radius 2 is 1.81 bits per heavy atom. The summed E-state index contributed by atoms with van der Waals surface area (Å²) in [6.07, 6.45) is 0.152. The summed E-state index contributed by atoms with van der Waals surface area (Å²) >= 11 is 0. The molecule has 3 nitrogen and oxygen atoms in total. The van der Waals surface area contributed by atoms with Crippen LogP contribution in [0.1, 0.15) is 18.1 Å². The molecule has 21 heavy (non-hydrogen) atoms. The van der Waals surface area contributed by atoms with Crippen LogP contribution in [-0.2, 0) is 6.42 Å². The number of halogens is 3. The molecule has 0 bridgehead atoms. The summed E-state index contributed by atoms with van der Waals surface area (Å²) in [5, 5.41) is 9.32. The van der Waals surface area contributed by atoms with E-state index < -0.39 is 23.2 Å². The third-order valence-corrected chi connectivity index (χ3v) is 3.25. The van der Waals surface area contributed by atoms with E-state index >= 15 is 0 Å². The monoisotopic (exact) mass is 296 g/mol.